The van der Waals surface area contributed by atoms with E-state index in [1.165, 1.54) is 12.1 Å². The molecule has 0 bridgehead atoms. The van der Waals surface area contributed by atoms with Gasteiger partial charge in [0.25, 0.3) is 5.97 Å². The van der Waals surface area contributed by atoms with E-state index in [0.29, 0.717) is 12.1 Å². The van der Waals surface area contributed by atoms with Crippen LogP contribution in [0, 0.1) is 5.92 Å². The third-order valence-corrected chi connectivity index (χ3v) is 3.68. The number of benzene rings is 1. The van der Waals surface area contributed by atoms with Crippen molar-refractivity contribution in [2.75, 3.05) is 19.6 Å². The van der Waals surface area contributed by atoms with E-state index in [4.69, 9.17) is 9.90 Å². The van der Waals surface area contributed by atoms with E-state index in [1.54, 1.807) is 0 Å². The van der Waals surface area contributed by atoms with Gasteiger partial charge in [-0.05, 0) is 38.1 Å². The summed E-state index contributed by atoms with van der Waals surface area (Å²) in [6, 6.07) is 4.48. The van der Waals surface area contributed by atoms with Gasteiger partial charge in [0.1, 0.15) is 0 Å². The van der Waals surface area contributed by atoms with Crippen molar-refractivity contribution >= 4 is 11.8 Å². The van der Waals surface area contributed by atoms with Crippen LogP contribution in [0.3, 0.4) is 0 Å². The van der Waals surface area contributed by atoms with Crippen molar-refractivity contribution in [3.8, 4) is 0 Å². The number of nitrogens with zero attached hydrogens (tertiary/aromatic N) is 1. The number of carboxylic acid groups (broad SMARTS) is 1. The third kappa shape index (κ3) is 6.70. The van der Waals surface area contributed by atoms with Crippen LogP contribution in [-0.4, -0.2) is 41.4 Å². The fraction of sp³-hybridized carbons (Fsp3) is 0.529. The normalized spacial score (nSPS) is 16.2. The van der Waals surface area contributed by atoms with Crippen LogP contribution in [0.5, 0.6) is 0 Å². The number of halogens is 3. The minimum absolute atomic E-state index is 0.0920. The van der Waals surface area contributed by atoms with Gasteiger partial charge in [-0.15, -0.1) is 0 Å². The molecule has 4 nitrogen and oxygen atoms in total. The maximum atomic E-state index is 12.5. The third-order valence-electron chi connectivity index (χ3n) is 3.68. The smallest absolute Gasteiger partial charge is 0.416 e. The number of hydrogen-bond acceptors (Lipinski definition) is 3. The molecule has 7 heteroatoms. The van der Waals surface area contributed by atoms with Crippen molar-refractivity contribution in [1.29, 1.82) is 0 Å². The summed E-state index contributed by atoms with van der Waals surface area (Å²) in [5, 5.41) is 7.42. The summed E-state index contributed by atoms with van der Waals surface area (Å²) in [5.74, 6) is -1.12. The summed E-state index contributed by atoms with van der Waals surface area (Å²) in [6.45, 7) is 5.60. The molecule has 1 saturated heterocycles. The lowest BCUT2D eigenvalue weighted by Crippen LogP contribution is -2.29. The Morgan fingerprint density at radius 2 is 1.62 bits per heavy atom. The number of rotatable bonds is 4. The lowest BCUT2D eigenvalue weighted by atomic mass is 9.98. The Morgan fingerprint density at radius 3 is 2.04 bits per heavy atom. The summed E-state index contributed by atoms with van der Waals surface area (Å²) in [5.41, 5.74) is -0.369. The Morgan fingerprint density at radius 1 is 1.17 bits per heavy atom. The molecule has 1 fully saturated rings. The van der Waals surface area contributed by atoms with Crippen molar-refractivity contribution in [3.05, 3.63) is 35.4 Å². The Labute approximate surface area is 139 Å². The van der Waals surface area contributed by atoms with E-state index in [0.717, 1.165) is 45.0 Å². The number of Topliss-reactive ketones (excluding diaryl/α,β-unsaturated/α-hetero) is 1. The molecule has 24 heavy (non-hydrogen) atoms. The van der Waals surface area contributed by atoms with Gasteiger partial charge in [-0.25, -0.2) is 0 Å². The van der Waals surface area contributed by atoms with Gasteiger partial charge >= 0.3 is 6.18 Å². The Bertz CT molecular complexity index is 545. The number of alkyl halides is 3. The van der Waals surface area contributed by atoms with Gasteiger partial charge in [-0.1, -0.05) is 19.1 Å². The van der Waals surface area contributed by atoms with E-state index in [-0.39, 0.29) is 11.7 Å². The standard InChI is InChI=1S/C15H18F3NO.C2H4O2/c1-11(10-19-8-2-3-9-19)14(20)12-4-6-13(7-5-12)15(16,17)18;1-2(3)4/h4-7,11H,2-3,8-10H2,1H3;1H3,(H,3,4)/t11-;/m1./s1. The van der Waals surface area contributed by atoms with Crippen LogP contribution in [0.25, 0.3) is 0 Å². The summed E-state index contributed by atoms with van der Waals surface area (Å²) in [7, 11) is 0. The molecule has 0 spiro atoms. The van der Waals surface area contributed by atoms with Crippen LogP contribution in [0.1, 0.15) is 42.6 Å². The Balaban J connectivity index is 0.000000648. The van der Waals surface area contributed by atoms with E-state index in [2.05, 4.69) is 4.90 Å². The van der Waals surface area contributed by atoms with E-state index in [9.17, 15) is 18.0 Å². The van der Waals surface area contributed by atoms with Crippen molar-refractivity contribution in [2.45, 2.75) is 32.9 Å². The largest absolute Gasteiger partial charge is 0.481 e. The zero-order valence-corrected chi connectivity index (χ0v) is 13.8. The van der Waals surface area contributed by atoms with Crippen LogP contribution in [0.2, 0.25) is 0 Å². The second kappa shape index (κ2) is 8.82. The lowest BCUT2D eigenvalue weighted by molar-refractivity contribution is -0.137. The Hall–Kier alpha value is -1.89. The van der Waals surface area contributed by atoms with Gasteiger partial charge in [0.15, 0.2) is 5.78 Å². The number of aliphatic carboxylic acids is 1. The second-order valence-electron chi connectivity index (χ2n) is 5.87. The van der Waals surface area contributed by atoms with Crippen LogP contribution in [0.15, 0.2) is 24.3 Å². The van der Waals surface area contributed by atoms with Gasteiger partial charge in [-0.3, -0.25) is 9.59 Å². The number of carbonyl (C=O) groups excluding carboxylic acids is 1. The molecule has 1 aromatic carbocycles. The van der Waals surface area contributed by atoms with E-state index < -0.39 is 17.7 Å². The first-order valence-corrected chi connectivity index (χ1v) is 7.74. The van der Waals surface area contributed by atoms with Gasteiger partial charge in [-0.2, -0.15) is 13.2 Å². The zero-order valence-electron chi connectivity index (χ0n) is 13.8. The molecular weight excluding hydrogens is 323 g/mol. The highest BCUT2D eigenvalue weighted by atomic mass is 19.4. The Kier molecular flexibility index (Phi) is 7.41. The molecule has 1 aliphatic rings. The molecule has 1 N–H and O–H groups in total. The molecule has 0 aliphatic carbocycles. The molecule has 1 aliphatic heterocycles. The van der Waals surface area contributed by atoms with Crippen molar-refractivity contribution in [3.63, 3.8) is 0 Å². The highest BCUT2D eigenvalue weighted by Gasteiger charge is 2.30. The molecule has 0 radical (unpaired) electrons. The number of carboxylic acids is 1. The molecular formula is C17H22F3NO3. The summed E-state index contributed by atoms with van der Waals surface area (Å²) in [6.07, 6.45) is -2.05. The fourth-order valence-corrected chi connectivity index (χ4v) is 2.54. The second-order valence-corrected chi connectivity index (χ2v) is 5.87. The van der Waals surface area contributed by atoms with E-state index >= 15 is 0 Å². The summed E-state index contributed by atoms with van der Waals surface area (Å²) in [4.78, 5) is 23.4. The maximum absolute atomic E-state index is 12.5. The SMILES string of the molecule is CC(=O)O.C[C@H](CN1CCCC1)C(=O)c1ccc(C(F)(F)F)cc1. The molecule has 2 rings (SSSR count). The lowest BCUT2D eigenvalue weighted by Gasteiger charge is -2.19. The topological polar surface area (TPSA) is 57.6 Å². The fourth-order valence-electron chi connectivity index (χ4n) is 2.54. The highest BCUT2D eigenvalue weighted by Crippen LogP contribution is 2.29. The first-order valence-electron chi connectivity index (χ1n) is 7.74. The molecule has 134 valence electrons. The van der Waals surface area contributed by atoms with Crippen LogP contribution >= 0.6 is 0 Å². The molecule has 1 atom stereocenters. The summed E-state index contributed by atoms with van der Waals surface area (Å²) >= 11 is 0. The number of likely N-dealkylation sites (tertiary alicyclic amines) is 1. The van der Waals surface area contributed by atoms with Crippen molar-refractivity contribution < 1.29 is 27.9 Å². The average Bonchev–Trinajstić information content (AvgIpc) is 2.98. The van der Waals surface area contributed by atoms with Gasteiger partial charge in [0, 0.05) is 24.9 Å². The first kappa shape index (κ1) is 20.2. The molecule has 0 amide bonds. The number of ketones is 1. The minimum Gasteiger partial charge on any atom is -0.481 e. The number of carbonyl (C=O) groups is 2. The molecule has 1 heterocycles. The zero-order chi connectivity index (χ0) is 18.3. The van der Waals surface area contributed by atoms with Gasteiger partial charge in [0.05, 0.1) is 5.56 Å². The summed E-state index contributed by atoms with van der Waals surface area (Å²) < 4.78 is 37.4. The van der Waals surface area contributed by atoms with Crippen LogP contribution in [0.4, 0.5) is 13.2 Å². The highest BCUT2D eigenvalue weighted by molar-refractivity contribution is 5.97. The average molecular weight is 345 g/mol. The van der Waals surface area contributed by atoms with E-state index in [1.807, 2.05) is 6.92 Å². The maximum Gasteiger partial charge on any atom is 0.416 e. The van der Waals surface area contributed by atoms with Gasteiger partial charge < -0.3 is 10.0 Å². The van der Waals surface area contributed by atoms with Crippen molar-refractivity contribution in [2.24, 2.45) is 5.92 Å². The van der Waals surface area contributed by atoms with Crippen molar-refractivity contribution in [1.82, 2.24) is 4.90 Å². The molecule has 0 saturated carbocycles. The van der Waals surface area contributed by atoms with Gasteiger partial charge in [0.2, 0.25) is 0 Å². The molecule has 0 unspecified atom stereocenters. The predicted molar refractivity (Wildman–Crippen MR) is 83.9 cm³/mol. The van der Waals surface area contributed by atoms with Crippen LogP contribution < -0.4 is 0 Å². The molecule has 1 aromatic rings. The first-order chi connectivity index (χ1) is 11.1. The minimum atomic E-state index is -4.36. The molecule has 0 aromatic heterocycles. The predicted octanol–water partition coefficient (Wildman–Crippen LogP) is 3.71. The number of hydrogen-bond donors (Lipinski definition) is 1. The monoisotopic (exact) mass is 345 g/mol. The quantitative estimate of drug-likeness (QED) is 0.845. The van der Waals surface area contributed by atoms with Crippen LogP contribution in [-0.2, 0) is 11.0 Å².